The van der Waals surface area contributed by atoms with E-state index >= 15 is 0 Å². The fourth-order valence-electron chi connectivity index (χ4n) is 3.06. The van der Waals surface area contributed by atoms with Crippen LogP contribution in [-0.4, -0.2) is 6.04 Å². The molecular weight excluding hydrogens is 301 g/mol. The van der Waals surface area contributed by atoms with Crippen LogP contribution < -0.4 is 5.32 Å². The van der Waals surface area contributed by atoms with Crippen molar-refractivity contribution in [3.05, 3.63) is 69.7 Å². The van der Waals surface area contributed by atoms with Crippen LogP contribution in [0.3, 0.4) is 0 Å². The van der Waals surface area contributed by atoms with E-state index in [9.17, 15) is 0 Å². The zero-order chi connectivity index (χ0) is 14.8. The molecule has 0 amide bonds. The van der Waals surface area contributed by atoms with Gasteiger partial charge in [0, 0.05) is 22.1 Å². The Morgan fingerprint density at radius 3 is 2.52 bits per heavy atom. The number of benzene rings is 2. The largest absolute Gasteiger partial charge is 0.307 e. The molecule has 0 bridgehead atoms. The maximum atomic E-state index is 6.25. The van der Waals surface area contributed by atoms with Gasteiger partial charge in [0.05, 0.1) is 0 Å². The summed E-state index contributed by atoms with van der Waals surface area (Å²) >= 11 is 12.3. The lowest BCUT2D eigenvalue weighted by Crippen LogP contribution is -2.41. The average Bonchev–Trinajstić information content (AvgIpc) is 2.42. The number of hydrogen-bond donors (Lipinski definition) is 1. The highest BCUT2D eigenvalue weighted by Gasteiger charge is 2.31. The van der Waals surface area contributed by atoms with Gasteiger partial charge in [0.1, 0.15) is 0 Å². The Kier molecular flexibility index (Phi) is 4.54. The van der Waals surface area contributed by atoms with Crippen molar-refractivity contribution in [1.29, 1.82) is 0 Å². The SMILES string of the molecule is C[C@H](NC1CC(c2cccc(Cl)c2)C1)c1ccccc1Cl. The molecule has 1 aliphatic carbocycles. The Morgan fingerprint density at radius 1 is 1.05 bits per heavy atom. The average molecular weight is 320 g/mol. The zero-order valence-corrected chi connectivity index (χ0v) is 13.5. The maximum Gasteiger partial charge on any atom is 0.0453 e. The van der Waals surface area contributed by atoms with Crippen LogP contribution >= 0.6 is 23.2 Å². The third kappa shape index (κ3) is 3.42. The van der Waals surface area contributed by atoms with E-state index in [-0.39, 0.29) is 6.04 Å². The van der Waals surface area contributed by atoms with Crippen molar-refractivity contribution >= 4 is 23.2 Å². The Labute approximate surface area is 136 Å². The van der Waals surface area contributed by atoms with Gasteiger partial charge in [0.15, 0.2) is 0 Å². The number of halogens is 2. The van der Waals surface area contributed by atoms with Crippen molar-refractivity contribution in [1.82, 2.24) is 5.32 Å². The molecule has 2 aromatic carbocycles. The molecule has 1 atom stereocenters. The quantitative estimate of drug-likeness (QED) is 0.774. The fourth-order valence-corrected chi connectivity index (χ4v) is 3.55. The lowest BCUT2D eigenvalue weighted by atomic mass is 9.75. The van der Waals surface area contributed by atoms with Crippen molar-refractivity contribution < 1.29 is 0 Å². The van der Waals surface area contributed by atoms with E-state index in [1.807, 2.05) is 30.3 Å². The first-order chi connectivity index (χ1) is 10.1. The second-order valence-corrected chi connectivity index (χ2v) is 6.67. The topological polar surface area (TPSA) is 12.0 Å². The molecule has 1 fully saturated rings. The molecule has 0 radical (unpaired) electrons. The van der Waals surface area contributed by atoms with Crippen LogP contribution in [0.15, 0.2) is 48.5 Å². The predicted octanol–water partition coefficient (Wildman–Crippen LogP) is 5.59. The third-order valence-corrected chi connectivity index (χ3v) is 4.89. The van der Waals surface area contributed by atoms with Crippen LogP contribution in [0.4, 0.5) is 0 Å². The van der Waals surface area contributed by atoms with Gasteiger partial charge >= 0.3 is 0 Å². The van der Waals surface area contributed by atoms with Crippen molar-refractivity contribution in [3.63, 3.8) is 0 Å². The summed E-state index contributed by atoms with van der Waals surface area (Å²) < 4.78 is 0. The summed E-state index contributed by atoms with van der Waals surface area (Å²) in [5.41, 5.74) is 2.52. The molecule has 1 N–H and O–H groups in total. The summed E-state index contributed by atoms with van der Waals surface area (Å²) in [5.74, 6) is 0.625. The van der Waals surface area contributed by atoms with Gasteiger partial charge in [-0.1, -0.05) is 53.5 Å². The molecule has 1 aliphatic rings. The molecule has 3 heteroatoms. The van der Waals surface area contributed by atoms with Gasteiger partial charge in [-0.3, -0.25) is 0 Å². The number of nitrogens with one attached hydrogen (secondary N) is 1. The smallest absolute Gasteiger partial charge is 0.0453 e. The summed E-state index contributed by atoms with van der Waals surface area (Å²) in [6.07, 6.45) is 2.32. The molecule has 1 nitrogen and oxygen atoms in total. The monoisotopic (exact) mass is 319 g/mol. The van der Waals surface area contributed by atoms with Gasteiger partial charge in [0.25, 0.3) is 0 Å². The van der Waals surface area contributed by atoms with Crippen LogP contribution in [0.1, 0.15) is 42.9 Å². The Morgan fingerprint density at radius 2 is 1.81 bits per heavy atom. The van der Waals surface area contributed by atoms with Gasteiger partial charge in [0.2, 0.25) is 0 Å². The second-order valence-electron chi connectivity index (χ2n) is 5.83. The highest BCUT2D eigenvalue weighted by molar-refractivity contribution is 6.31. The van der Waals surface area contributed by atoms with Gasteiger partial charge in [-0.05, 0) is 55.0 Å². The second kappa shape index (κ2) is 6.39. The van der Waals surface area contributed by atoms with E-state index in [4.69, 9.17) is 23.2 Å². The lowest BCUT2D eigenvalue weighted by Gasteiger charge is -2.38. The van der Waals surface area contributed by atoms with E-state index in [1.165, 1.54) is 11.1 Å². The number of hydrogen-bond acceptors (Lipinski definition) is 1. The highest BCUT2D eigenvalue weighted by atomic mass is 35.5. The fraction of sp³-hybridized carbons (Fsp3) is 0.333. The molecule has 0 spiro atoms. The van der Waals surface area contributed by atoms with Crippen molar-refractivity contribution in [2.75, 3.05) is 0 Å². The first-order valence-electron chi connectivity index (χ1n) is 7.39. The molecular formula is C18H19Cl2N. The van der Waals surface area contributed by atoms with E-state index in [0.717, 1.165) is 22.9 Å². The number of rotatable bonds is 4. The van der Waals surface area contributed by atoms with Gasteiger partial charge < -0.3 is 5.32 Å². The van der Waals surface area contributed by atoms with Crippen LogP contribution in [0, 0.1) is 0 Å². The lowest BCUT2D eigenvalue weighted by molar-refractivity contribution is 0.271. The summed E-state index contributed by atoms with van der Waals surface area (Å²) in [7, 11) is 0. The van der Waals surface area contributed by atoms with Crippen LogP contribution in [-0.2, 0) is 0 Å². The van der Waals surface area contributed by atoms with Crippen molar-refractivity contribution in [2.24, 2.45) is 0 Å². The summed E-state index contributed by atoms with van der Waals surface area (Å²) in [6.45, 7) is 2.17. The van der Waals surface area contributed by atoms with E-state index < -0.39 is 0 Å². The zero-order valence-electron chi connectivity index (χ0n) is 12.0. The van der Waals surface area contributed by atoms with Gasteiger partial charge in [-0.15, -0.1) is 0 Å². The van der Waals surface area contributed by atoms with Crippen LogP contribution in [0.5, 0.6) is 0 Å². The predicted molar refractivity (Wildman–Crippen MR) is 90.2 cm³/mol. The van der Waals surface area contributed by atoms with Gasteiger partial charge in [-0.2, -0.15) is 0 Å². The van der Waals surface area contributed by atoms with E-state index in [2.05, 4.69) is 30.4 Å². The van der Waals surface area contributed by atoms with E-state index in [1.54, 1.807) is 0 Å². The minimum atomic E-state index is 0.281. The standard InChI is InChI=1S/C18H19Cl2N/c1-12(17-7-2-3-8-18(17)20)21-16-10-14(11-16)13-5-4-6-15(19)9-13/h2-9,12,14,16,21H,10-11H2,1H3/t12-,14?,16?/m0/s1. The summed E-state index contributed by atoms with van der Waals surface area (Å²) in [5, 5.41) is 5.33. The highest BCUT2D eigenvalue weighted by Crippen LogP contribution is 2.39. The third-order valence-electron chi connectivity index (χ3n) is 4.32. The molecule has 21 heavy (non-hydrogen) atoms. The van der Waals surface area contributed by atoms with Crippen molar-refractivity contribution in [3.8, 4) is 0 Å². The molecule has 0 heterocycles. The minimum absolute atomic E-state index is 0.281. The first kappa shape index (κ1) is 14.9. The molecule has 110 valence electrons. The summed E-state index contributed by atoms with van der Waals surface area (Å²) in [4.78, 5) is 0. The van der Waals surface area contributed by atoms with Crippen molar-refractivity contribution in [2.45, 2.75) is 37.8 Å². The Hall–Kier alpha value is -1.02. The molecule has 0 unspecified atom stereocenters. The normalized spacial score (nSPS) is 22.6. The molecule has 0 aromatic heterocycles. The molecule has 1 saturated carbocycles. The molecule has 2 aromatic rings. The van der Waals surface area contributed by atoms with Gasteiger partial charge in [-0.25, -0.2) is 0 Å². The van der Waals surface area contributed by atoms with Crippen LogP contribution in [0.2, 0.25) is 10.0 Å². The van der Waals surface area contributed by atoms with E-state index in [0.29, 0.717) is 12.0 Å². The molecule has 3 rings (SSSR count). The minimum Gasteiger partial charge on any atom is -0.307 e. The maximum absolute atomic E-state index is 6.25. The first-order valence-corrected chi connectivity index (χ1v) is 8.15. The van der Waals surface area contributed by atoms with Crippen LogP contribution in [0.25, 0.3) is 0 Å². The Bertz CT molecular complexity index is 620. The molecule has 0 aliphatic heterocycles. The Balaban J connectivity index is 1.56. The summed E-state index contributed by atoms with van der Waals surface area (Å²) in [6, 6.07) is 17.1. The molecule has 0 saturated heterocycles.